The number of nitrogens with one attached hydrogen (secondary N) is 1. The van der Waals surface area contributed by atoms with Gasteiger partial charge in [-0.25, -0.2) is 9.59 Å². The molecule has 21 heavy (non-hydrogen) atoms. The first-order valence-corrected chi connectivity index (χ1v) is 6.34. The smallest absolute Gasteiger partial charge is 0.338 e. The molecule has 1 rings (SSSR count). The van der Waals surface area contributed by atoms with Gasteiger partial charge in [0.1, 0.15) is 6.61 Å². The molecule has 0 aliphatic rings. The number of hydrogen-bond acceptors (Lipinski definition) is 5. The zero-order valence-corrected chi connectivity index (χ0v) is 11.8. The minimum atomic E-state index is -1.34. The molecular weight excluding hydrogens is 276 g/mol. The maximum Gasteiger partial charge on any atom is 0.338 e. The zero-order chi connectivity index (χ0) is 16.0. The van der Waals surface area contributed by atoms with Crippen LogP contribution in [0.5, 0.6) is 0 Å². The van der Waals surface area contributed by atoms with Gasteiger partial charge >= 0.3 is 11.9 Å². The van der Waals surface area contributed by atoms with Gasteiger partial charge in [0.25, 0.3) is 0 Å². The van der Waals surface area contributed by atoms with E-state index in [2.05, 4.69) is 5.32 Å². The third kappa shape index (κ3) is 5.23. The van der Waals surface area contributed by atoms with Gasteiger partial charge in [-0.1, -0.05) is 17.7 Å². The minimum Gasteiger partial charge on any atom is -0.480 e. The number of ether oxygens (including phenoxy) is 1. The van der Waals surface area contributed by atoms with Crippen LogP contribution in [0.15, 0.2) is 24.3 Å². The van der Waals surface area contributed by atoms with Crippen molar-refractivity contribution in [3.63, 3.8) is 0 Å². The number of benzene rings is 1. The van der Waals surface area contributed by atoms with Crippen LogP contribution in [0.2, 0.25) is 0 Å². The Morgan fingerprint density at radius 3 is 2.33 bits per heavy atom. The highest BCUT2D eigenvalue weighted by Crippen LogP contribution is 2.05. The van der Waals surface area contributed by atoms with Gasteiger partial charge in [-0.05, 0) is 26.0 Å². The van der Waals surface area contributed by atoms with Crippen LogP contribution < -0.4 is 11.1 Å². The van der Waals surface area contributed by atoms with Gasteiger partial charge in [0, 0.05) is 0 Å². The minimum absolute atomic E-state index is 0.309. The number of carbonyl (C=O) groups is 3. The Morgan fingerprint density at radius 2 is 1.86 bits per heavy atom. The average Bonchev–Trinajstić information content (AvgIpc) is 2.43. The van der Waals surface area contributed by atoms with Crippen molar-refractivity contribution in [2.24, 2.45) is 5.73 Å². The fourth-order valence-electron chi connectivity index (χ4n) is 1.41. The molecule has 114 valence electrons. The molecule has 0 bridgehead atoms. The first-order valence-electron chi connectivity index (χ1n) is 6.34. The maximum absolute atomic E-state index is 11.8. The molecule has 1 aromatic rings. The van der Waals surface area contributed by atoms with Crippen LogP contribution in [0.3, 0.4) is 0 Å². The van der Waals surface area contributed by atoms with Crippen molar-refractivity contribution in [2.75, 3.05) is 6.61 Å². The lowest BCUT2D eigenvalue weighted by Crippen LogP contribution is -2.49. The normalized spacial score (nSPS) is 13.1. The van der Waals surface area contributed by atoms with Crippen LogP contribution in [0.25, 0.3) is 0 Å². The summed E-state index contributed by atoms with van der Waals surface area (Å²) < 4.78 is 4.90. The van der Waals surface area contributed by atoms with Crippen LogP contribution in [0, 0.1) is 6.92 Å². The monoisotopic (exact) mass is 294 g/mol. The number of esters is 1. The molecule has 0 aliphatic carbocycles. The Hall–Kier alpha value is -2.41. The summed E-state index contributed by atoms with van der Waals surface area (Å²) in [5, 5.41) is 11.2. The van der Waals surface area contributed by atoms with Gasteiger partial charge in [0.2, 0.25) is 5.91 Å². The summed E-state index contributed by atoms with van der Waals surface area (Å²) >= 11 is 0. The number of nitrogens with two attached hydrogens (primary N) is 1. The molecule has 0 radical (unpaired) electrons. The Bertz CT molecular complexity index is 525. The van der Waals surface area contributed by atoms with Crippen molar-refractivity contribution < 1.29 is 24.2 Å². The van der Waals surface area contributed by atoms with Crippen LogP contribution in [-0.4, -0.2) is 41.6 Å². The SMILES string of the molecule is Cc1ccc(C(=O)OC[C@H](NC(=O)[C@H](C)N)C(=O)O)cc1. The molecular formula is C14H18N2O5. The van der Waals surface area contributed by atoms with Crippen LogP contribution in [-0.2, 0) is 14.3 Å². The molecule has 0 fully saturated rings. The molecule has 7 nitrogen and oxygen atoms in total. The lowest BCUT2D eigenvalue weighted by Gasteiger charge is -2.16. The highest BCUT2D eigenvalue weighted by atomic mass is 16.5. The fraction of sp³-hybridized carbons (Fsp3) is 0.357. The highest BCUT2D eigenvalue weighted by molar-refractivity contribution is 5.90. The summed E-state index contributed by atoms with van der Waals surface area (Å²) in [5.74, 6) is -2.59. The summed E-state index contributed by atoms with van der Waals surface area (Å²) in [4.78, 5) is 34.1. The van der Waals surface area contributed by atoms with E-state index in [1.54, 1.807) is 24.3 Å². The van der Waals surface area contributed by atoms with Crippen molar-refractivity contribution in [1.82, 2.24) is 5.32 Å². The fourth-order valence-corrected chi connectivity index (χ4v) is 1.41. The van der Waals surface area contributed by atoms with E-state index >= 15 is 0 Å². The Labute approximate surface area is 122 Å². The van der Waals surface area contributed by atoms with Gasteiger partial charge in [-0.3, -0.25) is 4.79 Å². The van der Waals surface area contributed by atoms with Gasteiger partial charge in [0.05, 0.1) is 11.6 Å². The molecule has 0 aromatic heterocycles. The Kier molecular flexibility index (Phi) is 5.86. The predicted octanol–water partition coefficient (Wildman–Crippen LogP) is 0.0684. The standard InChI is InChI=1S/C14H18N2O5/c1-8-3-5-10(6-4-8)14(20)21-7-11(13(18)19)16-12(17)9(2)15/h3-6,9,11H,7,15H2,1-2H3,(H,16,17)(H,18,19)/t9-,11-/m0/s1. The first kappa shape index (κ1) is 16.6. The second kappa shape index (κ2) is 7.39. The predicted molar refractivity (Wildman–Crippen MR) is 74.7 cm³/mol. The molecule has 1 amide bonds. The van der Waals surface area contributed by atoms with E-state index < -0.39 is 36.5 Å². The average molecular weight is 294 g/mol. The van der Waals surface area contributed by atoms with E-state index in [0.717, 1.165) is 5.56 Å². The number of rotatable bonds is 6. The second-order valence-corrected chi connectivity index (χ2v) is 4.65. The number of aryl methyl sites for hydroxylation is 1. The summed E-state index contributed by atoms with van der Waals surface area (Å²) in [6.45, 7) is 2.83. The summed E-state index contributed by atoms with van der Waals surface area (Å²) in [6.07, 6.45) is 0. The molecule has 0 heterocycles. The van der Waals surface area contributed by atoms with Crippen molar-refractivity contribution in [3.8, 4) is 0 Å². The quantitative estimate of drug-likeness (QED) is 0.639. The lowest BCUT2D eigenvalue weighted by molar-refractivity contribution is -0.143. The van der Waals surface area contributed by atoms with E-state index in [9.17, 15) is 14.4 Å². The number of hydrogen-bond donors (Lipinski definition) is 3. The van der Waals surface area contributed by atoms with Gasteiger partial charge in [0.15, 0.2) is 6.04 Å². The van der Waals surface area contributed by atoms with E-state index in [0.29, 0.717) is 5.56 Å². The first-order chi connectivity index (χ1) is 9.81. The number of aliphatic carboxylic acids is 1. The van der Waals surface area contributed by atoms with Crippen molar-refractivity contribution >= 4 is 17.8 Å². The van der Waals surface area contributed by atoms with Crippen molar-refractivity contribution in [1.29, 1.82) is 0 Å². The molecule has 2 atom stereocenters. The summed E-state index contributed by atoms with van der Waals surface area (Å²) in [5.41, 5.74) is 6.63. The summed E-state index contributed by atoms with van der Waals surface area (Å²) in [7, 11) is 0. The number of carbonyl (C=O) groups excluding carboxylic acids is 2. The second-order valence-electron chi connectivity index (χ2n) is 4.65. The number of carboxylic acids is 1. The highest BCUT2D eigenvalue weighted by Gasteiger charge is 2.23. The molecule has 0 saturated carbocycles. The van der Waals surface area contributed by atoms with E-state index in [4.69, 9.17) is 15.6 Å². The number of carboxylic acid groups (broad SMARTS) is 1. The van der Waals surface area contributed by atoms with E-state index in [1.165, 1.54) is 6.92 Å². The largest absolute Gasteiger partial charge is 0.480 e. The summed E-state index contributed by atoms with van der Waals surface area (Å²) in [6, 6.07) is 4.45. The van der Waals surface area contributed by atoms with Gasteiger partial charge in [-0.2, -0.15) is 0 Å². The molecule has 0 spiro atoms. The zero-order valence-electron chi connectivity index (χ0n) is 11.8. The van der Waals surface area contributed by atoms with Crippen molar-refractivity contribution in [2.45, 2.75) is 25.9 Å². The van der Waals surface area contributed by atoms with E-state index in [1.807, 2.05) is 6.92 Å². The third-order valence-corrected chi connectivity index (χ3v) is 2.70. The number of amides is 1. The lowest BCUT2D eigenvalue weighted by atomic mass is 10.1. The maximum atomic E-state index is 11.8. The molecule has 0 saturated heterocycles. The van der Waals surface area contributed by atoms with Gasteiger partial charge < -0.3 is 20.9 Å². The van der Waals surface area contributed by atoms with Crippen LogP contribution in [0.4, 0.5) is 0 Å². The molecule has 0 aliphatic heterocycles. The Morgan fingerprint density at radius 1 is 1.29 bits per heavy atom. The molecule has 7 heteroatoms. The topological polar surface area (TPSA) is 119 Å². The van der Waals surface area contributed by atoms with Crippen molar-refractivity contribution in [3.05, 3.63) is 35.4 Å². The molecule has 4 N–H and O–H groups in total. The molecule has 0 unspecified atom stereocenters. The van der Waals surface area contributed by atoms with E-state index in [-0.39, 0.29) is 0 Å². The van der Waals surface area contributed by atoms with Crippen LogP contribution >= 0.6 is 0 Å². The third-order valence-electron chi connectivity index (χ3n) is 2.70. The molecule has 1 aromatic carbocycles. The van der Waals surface area contributed by atoms with Crippen LogP contribution in [0.1, 0.15) is 22.8 Å². The Balaban J connectivity index is 2.61. The van der Waals surface area contributed by atoms with Gasteiger partial charge in [-0.15, -0.1) is 0 Å².